The van der Waals surface area contributed by atoms with Crippen molar-refractivity contribution < 1.29 is 9.53 Å². The van der Waals surface area contributed by atoms with Gasteiger partial charge in [-0.25, -0.2) is 0 Å². The van der Waals surface area contributed by atoms with Crippen LogP contribution in [-0.4, -0.2) is 16.9 Å². The molecule has 14 heavy (non-hydrogen) atoms. The Hall–Kier alpha value is -1.38. The van der Waals surface area contributed by atoms with Crippen LogP contribution < -0.4 is 4.74 Å². The average Bonchev–Trinajstić information content (AvgIpc) is 2.06. The van der Waals surface area contributed by atoms with Gasteiger partial charge in [0.05, 0.1) is 12.3 Å². The molecule has 0 aromatic carbocycles. The van der Waals surface area contributed by atoms with Crippen molar-refractivity contribution in [3.63, 3.8) is 0 Å². The van der Waals surface area contributed by atoms with Gasteiger partial charge < -0.3 is 4.74 Å². The van der Waals surface area contributed by atoms with Gasteiger partial charge >= 0.3 is 0 Å². The summed E-state index contributed by atoms with van der Waals surface area (Å²) in [5.74, 6) is 0.836. The average molecular weight is 193 g/mol. The largest absolute Gasteiger partial charge is 0.489 e. The third-order valence-corrected chi connectivity index (χ3v) is 1.67. The molecule has 0 unspecified atom stereocenters. The Balaban J connectivity index is 2.85. The number of pyridine rings is 1. The summed E-state index contributed by atoms with van der Waals surface area (Å²) >= 11 is 0. The minimum absolute atomic E-state index is 0.102. The highest BCUT2D eigenvalue weighted by Crippen LogP contribution is 2.18. The highest BCUT2D eigenvalue weighted by atomic mass is 16.5. The molecular formula is C11H15NO2. The van der Waals surface area contributed by atoms with E-state index in [0.717, 1.165) is 5.56 Å². The SMILES string of the molecule is CC(=O)Cc1ccncc1OC(C)C. The molecule has 0 aliphatic carbocycles. The highest BCUT2D eigenvalue weighted by Gasteiger charge is 2.07. The van der Waals surface area contributed by atoms with Gasteiger partial charge in [-0.1, -0.05) is 0 Å². The van der Waals surface area contributed by atoms with E-state index in [1.165, 1.54) is 0 Å². The van der Waals surface area contributed by atoms with Gasteiger partial charge in [0.2, 0.25) is 0 Å². The van der Waals surface area contributed by atoms with E-state index in [9.17, 15) is 4.79 Å². The van der Waals surface area contributed by atoms with Gasteiger partial charge in [0.1, 0.15) is 11.5 Å². The van der Waals surface area contributed by atoms with Crippen molar-refractivity contribution in [3.8, 4) is 5.75 Å². The normalized spacial score (nSPS) is 10.3. The molecule has 1 aromatic rings. The fourth-order valence-corrected chi connectivity index (χ4v) is 1.18. The van der Waals surface area contributed by atoms with Gasteiger partial charge in [0, 0.05) is 18.2 Å². The summed E-state index contributed by atoms with van der Waals surface area (Å²) < 4.78 is 5.53. The van der Waals surface area contributed by atoms with E-state index in [0.29, 0.717) is 12.2 Å². The first-order valence-electron chi connectivity index (χ1n) is 4.68. The molecule has 0 N–H and O–H groups in total. The Morgan fingerprint density at radius 1 is 1.57 bits per heavy atom. The van der Waals surface area contributed by atoms with Crippen LogP contribution in [0.15, 0.2) is 18.5 Å². The molecule has 0 radical (unpaired) electrons. The quantitative estimate of drug-likeness (QED) is 0.734. The van der Waals surface area contributed by atoms with Crippen LogP contribution in [0.1, 0.15) is 26.3 Å². The molecule has 3 nitrogen and oxygen atoms in total. The number of hydrogen-bond acceptors (Lipinski definition) is 3. The maximum absolute atomic E-state index is 11.0. The lowest BCUT2D eigenvalue weighted by Crippen LogP contribution is -2.09. The number of rotatable bonds is 4. The van der Waals surface area contributed by atoms with Crippen LogP contribution >= 0.6 is 0 Å². The van der Waals surface area contributed by atoms with Gasteiger partial charge in [-0.15, -0.1) is 0 Å². The molecule has 1 heterocycles. The second-order valence-electron chi connectivity index (χ2n) is 3.53. The fraction of sp³-hybridized carbons (Fsp3) is 0.455. The van der Waals surface area contributed by atoms with Gasteiger partial charge in [0.15, 0.2) is 0 Å². The maximum Gasteiger partial charge on any atom is 0.141 e. The Morgan fingerprint density at radius 3 is 2.86 bits per heavy atom. The molecule has 3 heteroatoms. The molecule has 0 spiro atoms. The number of ether oxygens (including phenoxy) is 1. The van der Waals surface area contributed by atoms with Crippen molar-refractivity contribution in [2.45, 2.75) is 33.3 Å². The van der Waals surface area contributed by atoms with Crippen molar-refractivity contribution in [3.05, 3.63) is 24.0 Å². The van der Waals surface area contributed by atoms with Crippen LogP contribution in [0, 0.1) is 0 Å². The van der Waals surface area contributed by atoms with Crippen LogP contribution in [-0.2, 0) is 11.2 Å². The van der Waals surface area contributed by atoms with E-state index in [4.69, 9.17) is 4.74 Å². The fourth-order valence-electron chi connectivity index (χ4n) is 1.18. The van der Waals surface area contributed by atoms with E-state index in [1.807, 2.05) is 19.9 Å². The Bertz CT molecular complexity index is 321. The second kappa shape index (κ2) is 4.74. The summed E-state index contributed by atoms with van der Waals surface area (Å²) in [5, 5.41) is 0. The molecule has 0 aliphatic heterocycles. The third-order valence-electron chi connectivity index (χ3n) is 1.67. The van der Waals surface area contributed by atoms with E-state index in [-0.39, 0.29) is 11.9 Å². The predicted octanol–water partition coefficient (Wildman–Crippen LogP) is 2.00. The standard InChI is InChI=1S/C11H15NO2/c1-8(2)14-11-7-12-5-4-10(11)6-9(3)13/h4-5,7-8H,6H2,1-3H3. The van der Waals surface area contributed by atoms with E-state index < -0.39 is 0 Å². The summed E-state index contributed by atoms with van der Waals surface area (Å²) in [6, 6.07) is 1.82. The van der Waals surface area contributed by atoms with Gasteiger partial charge in [-0.2, -0.15) is 0 Å². The maximum atomic E-state index is 11.0. The van der Waals surface area contributed by atoms with Crippen molar-refractivity contribution >= 4 is 5.78 Å². The monoisotopic (exact) mass is 193 g/mol. The van der Waals surface area contributed by atoms with Crippen LogP contribution in [0.25, 0.3) is 0 Å². The number of carbonyl (C=O) groups is 1. The first kappa shape index (κ1) is 10.7. The van der Waals surface area contributed by atoms with Crippen LogP contribution in [0.4, 0.5) is 0 Å². The smallest absolute Gasteiger partial charge is 0.141 e. The minimum Gasteiger partial charge on any atom is -0.489 e. The van der Waals surface area contributed by atoms with E-state index in [2.05, 4.69) is 4.98 Å². The molecule has 0 fully saturated rings. The summed E-state index contributed by atoms with van der Waals surface area (Å²) in [6.45, 7) is 5.47. The molecule has 0 atom stereocenters. The molecule has 76 valence electrons. The summed E-state index contributed by atoms with van der Waals surface area (Å²) in [6.07, 6.45) is 3.83. The van der Waals surface area contributed by atoms with E-state index >= 15 is 0 Å². The van der Waals surface area contributed by atoms with Crippen LogP contribution in [0.2, 0.25) is 0 Å². The third kappa shape index (κ3) is 3.17. The predicted molar refractivity (Wildman–Crippen MR) is 54.4 cm³/mol. The lowest BCUT2D eigenvalue weighted by molar-refractivity contribution is -0.116. The summed E-state index contributed by atoms with van der Waals surface area (Å²) in [4.78, 5) is 14.9. The number of carbonyl (C=O) groups excluding carboxylic acids is 1. The Morgan fingerprint density at radius 2 is 2.29 bits per heavy atom. The number of ketones is 1. The molecular weight excluding hydrogens is 178 g/mol. The molecule has 0 amide bonds. The summed E-state index contributed by atoms with van der Waals surface area (Å²) in [7, 11) is 0. The molecule has 1 rings (SSSR count). The zero-order valence-electron chi connectivity index (χ0n) is 8.78. The lowest BCUT2D eigenvalue weighted by Gasteiger charge is -2.12. The first-order valence-corrected chi connectivity index (χ1v) is 4.68. The molecule has 0 bridgehead atoms. The zero-order chi connectivity index (χ0) is 10.6. The number of hydrogen-bond donors (Lipinski definition) is 0. The topological polar surface area (TPSA) is 39.2 Å². The first-order chi connectivity index (χ1) is 6.59. The van der Waals surface area contributed by atoms with Crippen molar-refractivity contribution in [2.24, 2.45) is 0 Å². The van der Waals surface area contributed by atoms with Crippen molar-refractivity contribution in [2.75, 3.05) is 0 Å². The molecule has 1 aromatic heterocycles. The van der Waals surface area contributed by atoms with Crippen molar-refractivity contribution in [1.29, 1.82) is 0 Å². The van der Waals surface area contributed by atoms with E-state index in [1.54, 1.807) is 19.3 Å². The van der Waals surface area contributed by atoms with Gasteiger partial charge in [-0.05, 0) is 26.8 Å². The molecule has 0 saturated carbocycles. The lowest BCUT2D eigenvalue weighted by atomic mass is 10.1. The Kier molecular flexibility index (Phi) is 3.63. The zero-order valence-corrected chi connectivity index (χ0v) is 8.78. The van der Waals surface area contributed by atoms with Crippen molar-refractivity contribution in [1.82, 2.24) is 4.98 Å². The molecule has 0 aliphatic rings. The number of aromatic nitrogens is 1. The number of nitrogens with zero attached hydrogens (tertiary/aromatic N) is 1. The molecule has 0 saturated heterocycles. The minimum atomic E-state index is 0.102. The Labute approximate surface area is 84.1 Å². The van der Waals surface area contributed by atoms with Crippen LogP contribution in [0.3, 0.4) is 0 Å². The summed E-state index contributed by atoms with van der Waals surface area (Å²) in [5.41, 5.74) is 0.904. The second-order valence-corrected chi connectivity index (χ2v) is 3.53. The highest BCUT2D eigenvalue weighted by molar-refractivity contribution is 5.78. The van der Waals surface area contributed by atoms with Gasteiger partial charge in [0.25, 0.3) is 0 Å². The van der Waals surface area contributed by atoms with Gasteiger partial charge in [-0.3, -0.25) is 9.78 Å². The number of Topliss-reactive ketones (excluding diaryl/α,β-unsaturated/α-hetero) is 1. The van der Waals surface area contributed by atoms with Crippen LogP contribution in [0.5, 0.6) is 5.75 Å².